The molecular weight excluding hydrogens is 518 g/mol. The van der Waals surface area contributed by atoms with Crippen LogP contribution in [0.2, 0.25) is 0 Å². The zero-order valence-electron chi connectivity index (χ0n) is 18.1. The van der Waals surface area contributed by atoms with Gasteiger partial charge in [-0.15, -0.1) is 37.7 Å². The van der Waals surface area contributed by atoms with Gasteiger partial charge in [-0.25, -0.2) is 9.59 Å². The van der Waals surface area contributed by atoms with Crippen molar-refractivity contribution in [3.05, 3.63) is 55.1 Å². The normalized spacial score (nSPS) is 11.8. The van der Waals surface area contributed by atoms with Gasteiger partial charge >= 0.3 is 24.7 Å². The largest absolute Gasteiger partial charge is 0.573 e. The second kappa shape index (κ2) is 10.5. The molecule has 0 atom stereocenters. The molecule has 0 bridgehead atoms. The van der Waals surface area contributed by atoms with E-state index in [9.17, 15) is 35.9 Å². The molecule has 0 saturated carbocycles. The number of ether oxygens (including phenoxy) is 4. The Hall–Kier alpha value is -3.74. The lowest BCUT2D eigenvalue weighted by Gasteiger charge is -2.14. The van der Waals surface area contributed by atoms with Gasteiger partial charge in [0.25, 0.3) is 0 Å². The summed E-state index contributed by atoms with van der Waals surface area (Å²) in [5.74, 6) is -3.88. The Bertz CT molecular complexity index is 1320. The molecule has 192 valence electrons. The van der Waals surface area contributed by atoms with Gasteiger partial charge in [0, 0.05) is 22.9 Å². The van der Waals surface area contributed by atoms with Crippen LogP contribution in [0.3, 0.4) is 0 Å². The Kier molecular flexibility index (Phi) is 7.82. The third-order valence-corrected chi connectivity index (χ3v) is 5.80. The van der Waals surface area contributed by atoms with Crippen molar-refractivity contribution in [1.82, 2.24) is 0 Å². The summed E-state index contributed by atoms with van der Waals surface area (Å²) >= 11 is 0.541. The van der Waals surface area contributed by atoms with Gasteiger partial charge in [0.1, 0.15) is 5.75 Å². The fraction of sp³-hybridized carbons (Fsp3) is 0.217. The molecule has 1 aromatic heterocycles. The van der Waals surface area contributed by atoms with E-state index in [1.807, 2.05) is 0 Å². The smallest absolute Gasteiger partial charge is 0.463 e. The molecule has 3 rings (SSSR count). The highest BCUT2D eigenvalue weighted by molar-refractivity contribution is 7.26. The van der Waals surface area contributed by atoms with Gasteiger partial charge in [0.2, 0.25) is 0 Å². The number of thiophene rings is 1. The number of aryl methyl sites for hydroxylation is 1. The van der Waals surface area contributed by atoms with Gasteiger partial charge < -0.3 is 18.9 Å². The van der Waals surface area contributed by atoms with Gasteiger partial charge in [0.15, 0.2) is 11.5 Å². The van der Waals surface area contributed by atoms with Crippen LogP contribution < -0.4 is 14.2 Å². The maximum absolute atomic E-state index is 13.3. The monoisotopic (exact) mass is 534 g/mol. The highest BCUT2D eigenvalue weighted by Gasteiger charge is 2.36. The predicted octanol–water partition coefficient (Wildman–Crippen LogP) is 6.60. The zero-order valence-corrected chi connectivity index (χ0v) is 18.9. The van der Waals surface area contributed by atoms with Crippen molar-refractivity contribution in [2.24, 2.45) is 0 Å². The molecule has 3 aromatic rings. The van der Waals surface area contributed by atoms with Crippen molar-refractivity contribution in [3.63, 3.8) is 0 Å². The maximum Gasteiger partial charge on any atom is 0.573 e. The third-order valence-electron chi connectivity index (χ3n) is 4.58. The summed E-state index contributed by atoms with van der Waals surface area (Å²) in [5.41, 5.74) is 0.0811. The number of carbonyl (C=O) groups excluding carboxylic acids is 2. The van der Waals surface area contributed by atoms with E-state index in [0.29, 0.717) is 11.3 Å². The topological polar surface area (TPSA) is 71.1 Å². The first-order valence-electron chi connectivity index (χ1n) is 9.99. The maximum atomic E-state index is 13.3. The number of alkyl halides is 6. The quantitative estimate of drug-likeness (QED) is 0.101. The van der Waals surface area contributed by atoms with E-state index in [2.05, 4.69) is 22.6 Å². The van der Waals surface area contributed by atoms with Gasteiger partial charge in [-0.2, -0.15) is 0 Å². The summed E-state index contributed by atoms with van der Waals surface area (Å²) in [6.45, 7) is 6.29. The van der Waals surface area contributed by atoms with Crippen LogP contribution >= 0.6 is 11.3 Å². The van der Waals surface area contributed by atoms with Crippen LogP contribution in [0.4, 0.5) is 26.3 Å². The second-order valence-electron chi connectivity index (χ2n) is 7.00. The van der Waals surface area contributed by atoms with E-state index in [1.54, 1.807) is 0 Å². The molecule has 0 spiro atoms. The van der Waals surface area contributed by atoms with E-state index in [0.717, 1.165) is 18.2 Å². The Labute approximate surface area is 203 Å². The number of hydrogen-bond donors (Lipinski definition) is 0. The van der Waals surface area contributed by atoms with Gasteiger partial charge in [-0.1, -0.05) is 25.3 Å². The summed E-state index contributed by atoms with van der Waals surface area (Å²) in [5, 5.41) is 0.274. The van der Waals surface area contributed by atoms with E-state index < -0.39 is 41.9 Å². The zero-order chi connectivity index (χ0) is 26.7. The van der Waals surface area contributed by atoms with Gasteiger partial charge in [-0.05, 0) is 30.5 Å². The number of halogens is 6. The Morgan fingerprint density at radius 3 is 1.97 bits per heavy atom. The van der Waals surface area contributed by atoms with E-state index in [4.69, 9.17) is 9.47 Å². The summed E-state index contributed by atoms with van der Waals surface area (Å²) < 4.78 is 96.9. The van der Waals surface area contributed by atoms with Crippen molar-refractivity contribution < 1.29 is 54.9 Å². The average molecular weight is 534 g/mol. The molecule has 0 radical (unpaired) electrons. The Morgan fingerprint density at radius 2 is 1.39 bits per heavy atom. The lowest BCUT2D eigenvalue weighted by atomic mass is 10.0. The first kappa shape index (κ1) is 26.9. The lowest BCUT2D eigenvalue weighted by molar-refractivity contribution is -0.275. The number of esters is 2. The van der Waals surface area contributed by atoms with Gasteiger partial charge in [0.05, 0.1) is 16.0 Å². The fourth-order valence-corrected chi connectivity index (χ4v) is 4.52. The highest BCUT2D eigenvalue weighted by Crippen LogP contribution is 2.49. The van der Waals surface area contributed by atoms with Crippen LogP contribution in [0.5, 0.6) is 17.2 Å². The first-order chi connectivity index (χ1) is 16.8. The Balaban J connectivity index is 2.17. The van der Waals surface area contributed by atoms with E-state index >= 15 is 0 Å². The minimum atomic E-state index is -5.20. The number of carbonyl (C=O) groups is 2. The van der Waals surface area contributed by atoms with Crippen molar-refractivity contribution in [2.75, 3.05) is 6.61 Å². The lowest BCUT2D eigenvalue weighted by Crippen LogP contribution is -2.18. The summed E-state index contributed by atoms with van der Waals surface area (Å²) in [6, 6.07) is 5.08. The van der Waals surface area contributed by atoms with Crippen LogP contribution in [0.1, 0.15) is 12.0 Å². The highest BCUT2D eigenvalue weighted by atomic mass is 32.1. The molecule has 0 amide bonds. The molecule has 13 heteroatoms. The molecule has 0 unspecified atom stereocenters. The van der Waals surface area contributed by atoms with E-state index in [-0.39, 0.29) is 45.2 Å². The van der Waals surface area contributed by atoms with Crippen molar-refractivity contribution in [2.45, 2.75) is 25.6 Å². The number of hydrogen-bond acceptors (Lipinski definition) is 7. The minimum Gasteiger partial charge on any atom is -0.463 e. The van der Waals surface area contributed by atoms with Gasteiger partial charge in [-0.3, -0.25) is 0 Å². The molecule has 0 N–H and O–H groups in total. The molecule has 0 fully saturated rings. The van der Waals surface area contributed by atoms with Crippen LogP contribution in [0.15, 0.2) is 49.6 Å². The summed E-state index contributed by atoms with van der Waals surface area (Å²) in [7, 11) is 0. The van der Waals surface area contributed by atoms with Crippen LogP contribution in [-0.4, -0.2) is 31.3 Å². The predicted molar refractivity (Wildman–Crippen MR) is 118 cm³/mol. The molecule has 0 aliphatic carbocycles. The van der Waals surface area contributed by atoms with E-state index in [1.165, 1.54) is 18.2 Å². The summed E-state index contributed by atoms with van der Waals surface area (Å²) in [4.78, 5) is 22.7. The van der Waals surface area contributed by atoms with Crippen LogP contribution in [0.25, 0.3) is 20.2 Å². The molecule has 0 aliphatic heterocycles. The molecule has 1 heterocycles. The average Bonchev–Trinajstić information content (AvgIpc) is 3.16. The SMILES string of the molecule is C=CC(=O)OCCCc1ccc2c(sc3c(OC(F)(F)F)c(OC(=O)C=C)ccc32)c1OC(F)(F)F. The molecule has 2 aromatic carbocycles. The second-order valence-corrected chi connectivity index (χ2v) is 8.02. The molecule has 6 nitrogen and oxygen atoms in total. The number of rotatable bonds is 9. The molecule has 0 aliphatic rings. The van der Waals surface area contributed by atoms with Crippen LogP contribution in [-0.2, 0) is 20.7 Å². The minimum absolute atomic E-state index is 0.00583. The van der Waals surface area contributed by atoms with Crippen molar-refractivity contribution >= 4 is 43.4 Å². The molecule has 36 heavy (non-hydrogen) atoms. The van der Waals surface area contributed by atoms with Crippen LogP contribution in [0, 0.1) is 0 Å². The first-order valence-corrected chi connectivity index (χ1v) is 10.8. The molecule has 0 saturated heterocycles. The Morgan fingerprint density at radius 1 is 0.833 bits per heavy atom. The fourth-order valence-electron chi connectivity index (χ4n) is 3.24. The third kappa shape index (κ3) is 6.47. The van der Waals surface area contributed by atoms with Crippen molar-refractivity contribution in [3.8, 4) is 17.2 Å². The van der Waals surface area contributed by atoms with Crippen molar-refractivity contribution in [1.29, 1.82) is 0 Å². The summed E-state index contributed by atoms with van der Waals surface area (Å²) in [6.07, 6.45) is -8.52. The molecular formula is C23H16F6O6S. The standard InChI is InChI=1S/C23H16F6O6S/c1-3-16(30)32-11-5-6-12-7-8-13-14-9-10-15(33-17(31)4-2)19(35-23(27,28)29)21(14)36-20(13)18(12)34-22(24,25)26/h3-4,7-10H,1-2,5-6,11H2. The number of fused-ring (bicyclic) bond motifs is 3. The number of benzene rings is 2.